The molecule has 1 saturated heterocycles. The highest BCUT2D eigenvalue weighted by atomic mass is 32.1. The molecule has 1 aromatic carbocycles. The van der Waals surface area contributed by atoms with Crippen LogP contribution < -0.4 is 10.3 Å². The summed E-state index contributed by atoms with van der Waals surface area (Å²) in [6.45, 7) is 4.41. The Morgan fingerprint density at radius 1 is 1.25 bits per heavy atom. The molecule has 1 fully saturated rings. The van der Waals surface area contributed by atoms with Gasteiger partial charge in [-0.15, -0.1) is 11.3 Å². The Bertz CT molecular complexity index is 780. The summed E-state index contributed by atoms with van der Waals surface area (Å²) in [5, 5.41) is 3.99. The van der Waals surface area contributed by atoms with Crippen LogP contribution in [0.3, 0.4) is 0 Å². The number of nitrogens with zero attached hydrogens (tertiary/aromatic N) is 2. The zero-order valence-corrected chi connectivity index (χ0v) is 14.5. The number of benzene rings is 1. The minimum absolute atomic E-state index is 0.0307. The topological polar surface area (TPSA) is 61.8 Å². The number of hydrogen-bond donors (Lipinski definition) is 1. The third kappa shape index (κ3) is 3.71. The molecule has 2 aromatic rings. The van der Waals surface area contributed by atoms with E-state index >= 15 is 0 Å². The first-order valence-corrected chi connectivity index (χ1v) is 8.61. The molecular formula is C18H19N3O2S. The van der Waals surface area contributed by atoms with E-state index in [2.05, 4.69) is 10.5 Å². The second kappa shape index (κ2) is 6.97. The first-order chi connectivity index (χ1) is 11.5. The van der Waals surface area contributed by atoms with E-state index < -0.39 is 0 Å². The monoisotopic (exact) mass is 341 g/mol. The van der Waals surface area contributed by atoms with Gasteiger partial charge in [-0.1, -0.05) is 17.7 Å². The van der Waals surface area contributed by atoms with Crippen molar-refractivity contribution in [3.8, 4) is 0 Å². The maximum Gasteiger partial charge on any atom is 0.245 e. The SMILES string of the molecule is Cc1ccc(N2C[C@@H](C(=O)N/N=C\c3ccc(C)s3)CC2=O)cc1. The summed E-state index contributed by atoms with van der Waals surface area (Å²) >= 11 is 1.61. The van der Waals surface area contributed by atoms with Crippen LogP contribution in [0, 0.1) is 19.8 Å². The molecule has 124 valence electrons. The lowest BCUT2D eigenvalue weighted by atomic mass is 10.1. The predicted octanol–water partition coefficient (Wildman–Crippen LogP) is 2.87. The van der Waals surface area contributed by atoms with Crippen LogP contribution in [0.1, 0.15) is 21.7 Å². The molecule has 1 aliphatic heterocycles. The molecule has 3 rings (SSSR count). The standard InChI is InChI=1S/C18H19N3O2S/c1-12-3-6-15(7-4-12)21-11-14(9-17(21)22)18(23)20-19-10-16-8-5-13(2)24-16/h3-8,10,14H,9,11H2,1-2H3,(H,20,23)/b19-10-/t14-/m0/s1. The van der Waals surface area contributed by atoms with Gasteiger partial charge in [-0.05, 0) is 38.1 Å². The molecule has 1 aromatic heterocycles. The van der Waals surface area contributed by atoms with Gasteiger partial charge >= 0.3 is 0 Å². The Balaban J connectivity index is 1.59. The van der Waals surface area contributed by atoms with Crippen molar-refractivity contribution in [3.05, 3.63) is 51.7 Å². The van der Waals surface area contributed by atoms with Crippen molar-refractivity contribution in [2.24, 2.45) is 11.0 Å². The summed E-state index contributed by atoms with van der Waals surface area (Å²) in [5.41, 5.74) is 4.51. The molecule has 24 heavy (non-hydrogen) atoms. The molecular weight excluding hydrogens is 322 g/mol. The van der Waals surface area contributed by atoms with E-state index in [1.165, 1.54) is 4.88 Å². The van der Waals surface area contributed by atoms with Crippen molar-refractivity contribution in [3.63, 3.8) is 0 Å². The fourth-order valence-electron chi connectivity index (χ4n) is 2.63. The Labute approximate surface area is 145 Å². The van der Waals surface area contributed by atoms with Gasteiger partial charge in [-0.3, -0.25) is 9.59 Å². The molecule has 6 heteroatoms. The molecule has 1 atom stereocenters. The highest BCUT2D eigenvalue weighted by molar-refractivity contribution is 7.13. The number of nitrogens with one attached hydrogen (secondary N) is 1. The number of hydrogen-bond acceptors (Lipinski definition) is 4. The summed E-state index contributed by atoms with van der Waals surface area (Å²) in [6.07, 6.45) is 1.84. The van der Waals surface area contributed by atoms with Crippen molar-refractivity contribution < 1.29 is 9.59 Å². The fourth-order valence-corrected chi connectivity index (χ4v) is 3.38. The second-order valence-electron chi connectivity index (χ2n) is 5.92. The van der Waals surface area contributed by atoms with Crippen LogP contribution in [0.5, 0.6) is 0 Å². The summed E-state index contributed by atoms with van der Waals surface area (Å²) in [6, 6.07) is 11.7. The number of rotatable bonds is 4. The lowest BCUT2D eigenvalue weighted by molar-refractivity contribution is -0.126. The molecule has 2 heterocycles. The molecule has 0 unspecified atom stereocenters. The van der Waals surface area contributed by atoms with Gasteiger partial charge in [0.25, 0.3) is 0 Å². The van der Waals surface area contributed by atoms with Gasteiger partial charge in [0.2, 0.25) is 11.8 Å². The van der Waals surface area contributed by atoms with Crippen LogP contribution in [-0.4, -0.2) is 24.6 Å². The van der Waals surface area contributed by atoms with Crippen LogP contribution in [-0.2, 0) is 9.59 Å². The van der Waals surface area contributed by atoms with Crippen LogP contribution in [0.2, 0.25) is 0 Å². The lowest BCUT2D eigenvalue weighted by Crippen LogP contribution is -2.30. The highest BCUT2D eigenvalue weighted by Gasteiger charge is 2.35. The lowest BCUT2D eigenvalue weighted by Gasteiger charge is -2.16. The number of carbonyl (C=O) groups excluding carboxylic acids is 2. The number of anilines is 1. The first-order valence-electron chi connectivity index (χ1n) is 7.79. The van der Waals surface area contributed by atoms with E-state index in [-0.39, 0.29) is 24.2 Å². The maximum absolute atomic E-state index is 12.2. The van der Waals surface area contributed by atoms with Crippen molar-refractivity contribution in [1.29, 1.82) is 0 Å². The Kier molecular flexibility index (Phi) is 4.76. The Hall–Kier alpha value is -2.47. The normalized spacial score (nSPS) is 17.7. The molecule has 5 nitrogen and oxygen atoms in total. The quantitative estimate of drug-likeness (QED) is 0.686. The number of aryl methyl sites for hydroxylation is 2. The van der Waals surface area contributed by atoms with Crippen LogP contribution in [0.4, 0.5) is 5.69 Å². The van der Waals surface area contributed by atoms with Crippen LogP contribution in [0.25, 0.3) is 0 Å². The molecule has 1 N–H and O–H groups in total. The van der Waals surface area contributed by atoms with E-state index in [1.54, 1.807) is 22.5 Å². The largest absolute Gasteiger partial charge is 0.312 e. The first kappa shape index (κ1) is 16.4. The van der Waals surface area contributed by atoms with Crippen LogP contribution >= 0.6 is 11.3 Å². The molecule has 0 spiro atoms. The third-order valence-electron chi connectivity index (χ3n) is 3.97. The zero-order chi connectivity index (χ0) is 17.1. The minimum Gasteiger partial charge on any atom is -0.312 e. The molecule has 2 amide bonds. The van der Waals surface area contributed by atoms with E-state index in [1.807, 2.05) is 50.2 Å². The Morgan fingerprint density at radius 2 is 2.00 bits per heavy atom. The van der Waals surface area contributed by atoms with Gasteiger partial charge < -0.3 is 4.90 Å². The summed E-state index contributed by atoms with van der Waals surface area (Å²) in [7, 11) is 0. The molecule has 0 bridgehead atoms. The van der Waals surface area contributed by atoms with E-state index in [0.717, 1.165) is 16.1 Å². The van der Waals surface area contributed by atoms with Gasteiger partial charge in [0.05, 0.1) is 12.1 Å². The summed E-state index contributed by atoms with van der Waals surface area (Å²) in [5.74, 6) is -0.625. The number of amides is 2. The van der Waals surface area contributed by atoms with E-state index in [4.69, 9.17) is 0 Å². The van der Waals surface area contributed by atoms with E-state index in [0.29, 0.717) is 6.54 Å². The number of carbonyl (C=O) groups is 2. The van der Waals surface area contributed by atoms with E-state index in [9.17, 15) is 9.59 Å². The molecule has 0 aliphatic carbocycles. The van der Waals surface area contributed by atoms with Gasteiger partial charge in [-0.2, -0.15) is 5.10 Å². The molecule has 0 radical (unpaired) electrons. The maximum atomic E-state index is 12.2. The Morgan fingerprint density at radius 3 is 2.67 bits per heavy atom. The summed E-state index contributed by atoms with van der Waals surface area (Å²) in [4.78, 5) is 28.2. The van der Waals surface area contributed by atoms with Crippen LogP contribution in [0.15, 0.2) is 41.5 Å². The summed E-state index contributed by atoms with van der Waals surface area (Å²) < 4.78 is 0. The third-order valence-corrected chi connectivity index (χ3v) is 4.90. The molecule has 0 saturated carbocycles. The van der Waals surface area contributed by atoms with Crippen molar-refractivity contribution >= 4 is 35.1 Å². The van der Waals surface area contributed by atoms with Gasteiger partial charge in [-0.25, -0.2) is 5.43 Å². The van der Waals surface area contributed by atoms with Gasteiger partial charge in [0, 0.05) is 28.4 Å². The number of hydrazone groups is 1. The fraction of sp³-hybridized carbons (Fsp3) is 0.278. The zero-order valence-electron chi connectivity index (χ0n) is 13.7. The minimum atomic E-state index is -0.374. The highest BCUT2D eigenvalue weighted by Crippen LogP contribution is 2.25. The second-order valence-corrected chi connectivity index (χ2v) is 7.24. The van der Waals surface area contributed by atoms with Gasteiger partial charge in [0.15, 0.2) is 0 Å². The number of thiophene rings is 1. The average molecular weight is 341 g/mol. The van der Waals surface area contributed by atoms with Gasteiger partial charge in [0.1, 0.15) is 0 Å². The predicted molar refractivity (Wildman–Crippen MR) is 96.4 cm³/mol. The van der Waals surface area contributed by atoms with Crippen molar-refractivity contribution in [2.45, 2.75) is 20.3 Å². The smallest absolute Gasteiger partial charge is 0.245 e. The van der Waals surface area contributed by atoms with Crippen molar-refractivity contribution in [1.82, 2.24) is 5.43 Å². The average Bonchev–Trinajstić information content (AvgIpc) is 3.14. The molecule has 1 aliphatic rings. The van der Waals surface area contributed by atoms with Crippen molar-refractivity contribution in [2.75, 3.05) is 11.4 Å².